The van der Waals surface area contributed by atoms with Crippen molar-refractivity contribution in [3.63, 3.8) is 0 Å². The molecular weight excluding hydrogens is 214 g/mol. The summed E-state index contributed by atoms with van der Waals surface area (Å²) in [5.74, 6) is 0.667. The smallest absolute Gasteiger partial charge is 0.128 e. The summed E-state index contributed by atoms with van der Waals surface area (Å²) in [5.41, 5.74) is 1.34. The van der Waals surface area contributed by atoms with E-state index >= 15 is 0 Å². The Morgan fingerprint density at radius 2 is 2.27 bits per heavy atom. The molecule has 0 fully saturated rings. The maximum Gasteiger partial charge on any atom is 0.128 e. The Balaban J connectivity index is 3.14. The van der Waals surface area contributed by atoms with Gasteiger partial charge in [-0.05, 0) is 24.6 Å². The second-order valence-corrected chi connectivity index (χ2v) is 3.58. The fourth-order valence-corrected chi connectivity index (χ4v) is 1.55. The van der Waals surface area contributed by atoms with Crippen LogP contribution in [0.4, 0.5) is 0 Å². The van der Waals surface area contributed by atoms with Crippen molar-refractivity contribution in [3.8, 4) is 5.75 Å². The predicted octanol–water partition coefficient (Wildman–Crippen LogP) is 3.33. The fraction of sp³-hybridized carbons (Fsp3) is 0.364. The van der Waals surface area contributed by atoms with Gasteiger partial charge in [0.25, 0.3) is 0 Å². The number of nitrogens with zero attached hydrogens (tertiary/aromatic N) is 1. The molecular formula is C11H14ClNO2. The molecule has 0 heterocycles. The van der Waals surface area contributed by atoms with Gasteiger partial charge in [-0.3, -0.25) is 0 Å². The Hall–Kier alpha value is -1.22. The molecule has 0 radical (unpaired) electrons. The molecule has 3 nitrogen and oxygen atoms in total. The van der Waals surface area contributed by atoms with E-state index in [0.717, 1.165) is 12.0 Å². The Bertz CT molecular complexity index is 364. The van der Waals surface area contributed by atoms with E-state index in [4.69, 9.17) is 21.5 Å². The van der Waals surface area contributed by atoms with Crippen LogP contribution >= 0.6 is 11.6 Å². The molecule has 0 aliphatic carbocycles. The number of rotatable bonds is 4. The zero-order valence-corrected chi connectivity index (χ0v) is 9.58. The molecule has 1 aromatic rings. The van der Waals surface area contributed by atoms with E-state index in [2.05, 4.69) is 5.16 Å². The molecule has 0 saturated carbocycles. The number of hydrogen-bond acceptors (Lipinski definition) is 3. The molecule has 1 N–H and O–H groups in total. The minimum absolute atomic E-state index is 0.594. The minimum atomic E-state index is 0.594. The Kier molecular flexibility index (Phi) is 4.43. The Labute approximate surface area is 94.3 Å². The predicted molar refractivity (Wildman–Crippen MR) is 61.2 cm³/mol. The van der Waals surface area contributed by atoms with Crippen molar-refractivity contribution in [2.45, 2.75) is 19.8 Å². The van der Waals surface area contributed by atoms with Crippen LogP contribution in [0.3, 0.4) is 0 Å². The first-order chi connectivity index (χ1) is 7.22. The van der Waals surface area contributed by atoms with E-state index in [-0.39, 0.29) is 0 Å². The molecule has 0 unspecified atom stereocenters. The van der Waals surface area contributed by atoms with Gasteiger partial charge in [0.05, 0.1) is 12.8 Å². The molecule has 0 aliphatic heterocycles. The lowest BCUT2D eigenvalue weighted by Gasteiger charge is -2.09. The van der Waals surface area contributed by atoms with Gasteiger partial charge < -0.3 is 9.94 Å². The van der Waals surface area contributed by atoms with Crippen LogP contribution in [0.25, 0.3) is 0 Å². The molecule has 1 rings (SSSR count). The maximum absolute atomic E-state index is 8.91. The van der Waals surface area contributed by atoms with Crippen LogP contribution in [0.1, 0.15) is 25.3 Å². The van der Waals surface area contributed by atoms with Gasteiger partial charge in [-0.1, -0.05) is 30.1 Å². The molecule has 0 amide bonds. The largest absolute Gasteiger partial charge is 0.496 e. The zero-order chi connectivity index (χ0) is 11.3. The SMILES string of the molecule is CCCC(=NO)c1cc(Cl)ccc1OC. The van der Waals surface area contributed by atoms with Gasteiger partial charge in [-0.2, -0.15) is 0 Å². The topological polar surface area (TPSA) is 41.8 Å². The van der Waals surface area contributed by atoms with E-state index in [0.29, 0.717) is 22.9 Å². The highest BCUT2D eigenvalue weighted by atomic mass is 35.5. The third kappa shape index (κ3) is 2.86. The van der Waals surface area contributed by atoms with E-state index in [1.165, 1.54) is 0 Å². The first kappa shape index (κ1) is 11.9. The lowest BCUT2D eigenvalue weighted by atomic mass is 10.1. The van der Waals surface area contributed by atoms with Gasteiger partial charge in [-0.15, -0.1) is 0 Å². The van der Waals surface area contributed by atoms with Gasteiger partial charge >= 0.3 is 0 Å². The highest BCUT2D eigenvalue weighted by Crippen LogP contribution is 2.24. The van der Waals surface area contributed by atoms with Crippen molar-refractivity contribution >= 4 is 17.3 Å². The van der Waals surface area contributed by atoms with Crippen LogP contribution < -0.4 is 4.74 Å². The number of methoxy groups -OCH3 is 1. The number of halogens is 1. The van der Waals surface area contributed by atoms with E-state index in [1.54, 1.807) is 25.3 Å². The summed E-state index contributed by atoms with van der Waals surface area (Å²) in [7, 11) is 1.58. The van der Waals surface area contributed by atoms with Crippen LogP contribution in [0, 0.1) is 0 Å². The summed E-state index contributed by atoms with van der Waals surface area (Å²) in [5, 5.41) is 12.8. The molecule has 15 heavy (non-hydrogen) atoms. The van der Waals surface area contributed by atoms with Crippen LogP contribution in [0.15, 0.2) is 23.4 Å². The first-order valence-electron chi connectivity index (χ1n) is 4.77. The molecule has 0 saturated heterocycles. The van der Waals surface area contributed by atoms with E-state index in [9.17, 15) is 0 Å². The third-order valence-corrected chi connectivity index (χ3v) is 2.32. The molecule has 4 heteroatoms. The van der Waals surface area contributed by atoms with Crippen molar-refractivity contribution in [1.82, 2.24) is 0 Å². The molecule has 82 valence electrons. The summed E-state index contributed by atoms with van der Waals surface area (Å²) in [6, 6.07) is 5.24. The highest BCUT2D eigenvalue weighted by molar-refractivity contribution is 6.31. The maximum atomic E-state index is 8.91. The molecule has 1 aromatic carbocycles. The molecule has 0 aliphatic rings. The Morgan fingerprint density at radius 1 is 1.53 bits per heavy atom. The third-order valence-electron chi connectivity index (χ3n) is 2.08. The van der Waals surface area contributed by atoms with Crippen molar-refractivity contribution in [2.75, 3.05) is 7.11 Å². The summed E-state index contributed by atoms with van der Waals surface area (Å²) in [6.45, 7) is 2.02. The molecule has 0 bridgehead atoms. The summed E-state index contributed by atoms with van der Waals surface area (Å²) in [4.78, 5) is 0. The summed E-state index contributed by atoms with van der Waals surface area (Å²) < 4.78 is 5.18. The van der Waals surface area contributed by atoms with Gasteiger partial charge in [0.15, 0.2) is 0 Å². The number of oxime groups is 1. The second kappa shape index (κ2) is 5.61. The lowest BCUT2D eigenvalue weighted by molar-refractivity contribution is 0.317. The standard InChI is InChI=1S/C11H14ClNO2/c1-3-4-10(13-14)9-7-8(12)5-6-11(9)15-2/h5-7,14H,3-4H2,1-2H3. The molecule has 0 atom stereocenters. The van der Waals surface area contributed by atoms with Crippen LogP contribution in [-0.2, 0) is 0 Å². The number of benzene rings is 1. The minimum Gasteiger partial charge on any atom is -0.496 e. The number of ether oxygens (including phenoxy) is 1. The van der Waals surface area contributed by atoms with E-state index < -0.39 is 0 Å². The Morgan fingerprint density at radius 3 is 2.80 bits per heavy atom. The van der Waals surface area contributed by atoms with Gasteiger partial charge in [-0.25, -0.2) is 0 Å². The van der Waals surface area contributed by atoms with Crippen molar-refractivity contribution in [1.29, 1.82) is 0 Å². The lowest BCUT2D eigenvalue weighted by Crippen LogP contribution is -2.03. The average molecular weight is 228 g/mol. The van der Waals surface area contributed by atoms with Crippen molar-refractivity contribution < 1.29 is 9.94 Å². The van der Waals surface area contributed by atoms with Gasteiger partial charge in [0.2, 0.25) is 0 Å². The van der Waals surface area contributed by atoms with Crippen LogP contribution in [-0.4, -0.2) is 18.0 Å². The van der Waals surface area contributed by atoms with Gasteiger partial charge in [0.1, 0.15) is 5.75 Å². The normalized spacial score (nSPS) is 11.5. The fourth-order valence-electron chi connectivity index (χ4n) is 1.38. The monoisotopic (exact) mass is 227 g/mol. The van der Waals surface area contributed by atoms with Crippen molar-refractivity contribution in [2.24, 2.45) is 5.16 Å². The number of hydrogen-bond donors (Lipinski definition) is 1. The quantitative estimate of drug-likeness (QED) is 0.487. The zero-order valence-electron chi connectivity index (χ0n) is 8.83. The van der Waals surface area contributed by atoms with Gasteiger partial charge in [0, 0.05) is 10.6 Å². The molecule has 0 aromatic heterocycles. The second-order valence-electron chi connectivity index (χ2n) is 3.14. The molecule has 0 spiro atoms. The first-order valence-corrected chi connectivity index (χ1v) is 5.15. The van der Waals surface area contributed by atoms with Crippen LogP contribution in [0.5, 0.6) is 5.75 Å². The van der Waals surface area contributed by atoms with Crippen LogP contribution in [0.2, 0.25) is 5.02 Å². The highest BCUT2D eigenvalue weighted by Gasteiger charge is 2.10. The average Bonchev–Trinajstić information content (AvgIpc) is 2.26. The summed E-state index contributed by atoms with van der Waals surface area (Å²) >= 11 is 5.88. The van der Waals surface area contributed by atoms with E-state index in [1.807, 2.05) is 6.92 Å². The van der Waals surface area contributed by atoms with Crippen molar-refractivity contribution in [3.05, 3.63) is 28.8 Å². The summed E-state index contributed by atoms with van der Waals surface area (Å²) in [6.07, 6.45) is 1.59.